The number of aryl methyl sites for hydroxylation is 1. The van der Waals surface area contributed by atoms with Crippen LogP contribution in [0.1, 0.15) is 38.3 Å². The first-order valence-corrected chi connectivity index (χ1v) is 8.11. The average Bonchev–Trinajstić information content (AvgIpc) is 2.38. The largest absolute Gasteiger partial charge is 0.313 e. The molecule has 2 heteroatoms. The molecule has 0 aliphatic carbocycles. The molecular weight excluding hydrogens is 238 g/mol. The lowest BCUT2D eigenvalue weighted by Gasteiger charge is -2.19. The number of hydrogen-bond donors (Lipinski definition) is 1. The summed E-state index contributed by atoms with van der Waals surface area (Å²) in [5.41, 5.74) is 2.78. The molecule has 0 saturated carbocycles. The van der Waals surface area contributed by atoms with Crippen LogP contribution < -0.4 is 5.32 Å². The third kappa shape index (κ3) is 5.92. The molecule has 0 aromatic heterocycles. The summed E-state index contributed by atoms with van der Waals surface area (Å²) < 4.78 is 0. The number of likely N-dealkylation sites (N-methyl/N-ethyl adjacent to an activating group) is 1. The maximum absolute atomic E-state index is 3.60. The Morgan fingerprint density at radius 2 is 1.83 bits per heavy atom. The molecule has 0 aliphatic heterocycles. The molecule has 0 aliphatic rings. The Bertz CT molecular complexity index is 320. The third-order valence-electron chi connectivity index (χ3n) is 3.25. The van der Waals surface area contributed by atoms with Gasteiger partial charge in [0.1, 0.15) is 0 Å². The second kappa shape index (κ2) is 8.60. The molecule has 0 amide bonds. The molecule has 0 saturated heterocycles. The van der Waals surface area contributed by atoms with E-state index in [-0.39, 0.29) is 0 Å². The second-order valence-corrected chi connectivity index (χ2v) is 6.47. The fourth-order valence-corrected chi connectivity index (χ4v) is 2.92. The van der Waals surface area contributed by atoms with Gasteiger partial charge in [-0.2, -0.15) is 11.8 Å². The van der Waals surface area contributed by atoms with E-state index in [1.165, 1.54) is 23.3 Å². The smallest absolute Gasteiger partial charge is 0.0198 e. The molecule has 1 N–H and O–H groups in total. The van der Waals surface area contributed by atoms with Crippen molar-refractivity contribution in [3.63, 3.8) is 0 Å². The maximum atomic E-state index is 3.60. The Kier molecular flexibility index (Phi) is 7.45. The minimum Gasteiger partial charge on any atom is -0.313 e. The van der Waals surface area contributed by atoms with Crippen LogP contribution in [0.5, 0.6) is 0 Å². The number of thioether (sulfide) groups is 1. The molecule has 1 aromatic rings. The summed E-state index contributed by atoms with van der Waals surface area (Å²) in [5.74, 6) is 1.21. The van der Waals surface area contributed by atoms with E-state index < -0.39 is 0 Å². The average molecular weight is 265 g/mol. The molecule has 1 rings (SSSR count). The van der Waals surface area contributed by atoms with Gasteiger partial charge in [0.15, 0.2) is 0 Å². The van der Waals surface area contributed by atoms with Crippen molar-refractivity contribution in [2.75, 3.05) is 12.3 Å². The molecular formula is C16H27NS. The predicted molar refractivity (Wildman–Crippen MR) is 84.6 cm³/mol. The monoisotopic (exact) mass is 265 g/mol. The van der Waals surface area contributed by atoms with Crippen molar-refractivity contribution in [2.45, 2.75) is 51.8 Å². The van der Waals surface area contributed by atoms with E-state index in [9.17, 15) is 0 Å². The van der Waals surface area contributed by atoms with Crippen LogP contribution in [0.3, 0.4) is 0 Å². The van der Waals surface area contributed by atoms with Gasteiger partial charge >= 0.3 is 0 Å². The fourth-order valence-electron chi connectivity index (χ4n) is 1.89. The van der Waals surface area contributed by atoms with Gasteiger partial charge in [-0.05, 0) is 31.9 Å². The molecule has 102 valence electrons. The van der Waals surface area contributed by atoms with Crippen molar-refractivity contribution in [2.24, 2.45) is 0 Å². The summed E-state index contributed by atoms with van der Waals surface area (Å²) in [5, 5.41) is 4.37. The first kappa shape index (κ1) is 15.6. The van der Waals surface area contributed by atoms with Gasteiger partial charge in [-0.1, -0.05) is 50.6 Å². The van der Waals surface area contributed by atoms with Crippen LogP contribution in [0.25, 0.3) is 0 Å². The van der Waals surface area contributed by atoms with Crippen LogP contribution in [-0.4, -0.2) is 23.6 Å². The van der Waals surface area contributed by atoms with Crippen molar-refractivity contribution in [1.29, 1.82) is 0 Å². The molecule has 2 atom stereocenters. The first-order chi connectivity index (χ1) is 8.65. The van der Waals surface area contributed by atoms with Gasteiger partial charge in [-0.3, -0.25) is 0 Å². The van der Waals surface area contributed by atoms with Gasteiger partial charge in [0.2, 0.25) is 0 Å². The summed E-state index contributed by atoms with van der Waals surface area (Å²) in [6.07, 6.45) is 2.39. The lowest BCUT2D eigenvalue weighted by molar-refractivity contribution is 0.572. The van der Waals surface area contributed by atoms with E-state index in [2.05, 4.69) is 69.0 Å². The highest BCUT2D eigenvalue weighted by Crippen LogP contribution is 2.16. The zero-order valence-corrected chi connectivity index (χ0v) is 13.0. The first-order valence-electron chi connectivity index (χ1n) is 7.06. The molecule has 2 unspecified atom stereocenters. The molecule has 18 heavy (non-hydrogen) atoms. The van der Waals surface area contributed by atoms with Crippen LogP contribution in [0, 0.1) is 6.92 Å². The fraction of sp³-hybridized carbons (Fsp3) is 0.625. The van der Waals surface area contributed by atoms with Crippen LogP contribution in [0.4, 0.5) is 0 Å². The van der Waals surface area contributed by atoms with Gasteiger partial charge in [-0.15, -0.1) is 0 Å². The standard InChI is InChI=1S/C16H27NS/c1-5-14(4)18-12-16(17-6-2)11-15-9-7-13(3)8-10-15/h7-10,14,16-17H,5-6,11-12H2,1-4H3. The van der Waals surface area contributed by atoms with E-state index >= 15 is 0 Å². The summed E-state index contributed by atoms with van der Waals surface area (Å²) in [6.45, 7) is 9.97. The Hall–Kier alpha value is -0.470. The number of nitrogens with one attached hydrogen (secondary N) is 1. The van der Waals surface area contributed by atoms with Gasteiger partial charge in [0.05, 0.1) is 0 Å². The van der Waals surface area contributed by atoms with Crippen molar-refractivity contribution < 1.29 is 0 Å². The zero-order chi connectivity index (χ0) is 13.4. The van der Waals surface area contributed by atoms with E-state index in [0.717, 1.165) is 18.2 Å². The molecule has 0 heterocycles. The van der Waals surface area contributed by atoms with Crippen LogP contribution in [-0.2, 0) is 6.42 Å². The molecule has 0 fully saturated rings. The van der Waals surface area contributed by atoms with E-state index in [1.807, 2.05) is 0 Å². The molecule has 0 bridgehead atoms. The topological polar surface area (TPSA) is 12.0 Å². The Morgan fingerprint density at radius 1 is 1.17 bits per heavy atom. The molecule has 1 aromatic carbocycles. The SMILES string of the molecule is CCNC(CSC(C)CC)Cc1ccc(C)cc1. The number of hydrogen-bond acceptors (Lipinski definition) is 2. The van der Waals surface area contributed by atoms with Gasteiger partial charge < -0.3 is 5.32 Å². The Balaban J connectivity index is 2.48. The normalized spacial score (nSPS) is 14.4. The highest BCUT2D eigenvalue weighted by Gasteiger charge is 2.10. The number of rotatable bonds is 8. The molecule has 1 nitrogen and oxygen atoms in total. The van der Waals surface area contributed by atoms with Crippen molar-refractivity contribution in [3.8, 4) is 0 Å². The Morgan fingerprint density at radius 3 is 2.39 bits per heavy atom. The van der Waals surface area contributed by atoms with E-state index in [1.54, 1.807) is 0 Å². The van der Waals surface area contributed by atoms with Gasteiger partial charge in [-0.25, -0.2) is 0 Å². The quantitative estimate of drug-likeness (QED) is 0.761. The number of benzene rings is 1. The molecule has 0 spiro atoms. The van der Waals surface area contributed by atoms with Crippen molar-refractivity contribution in [1.82, 2.24) is 5.32 Å². The minimum absolute atomic E-state index is 0.594. The lowest BCUT2D eigenvalue weighted by atomic mass is 10.1. The van der Waals surface area contributed by atoms with Crippen LogP contribution in [0.2, 0.25) is 0 Å². The van der Waals surface area contributed by atoms with Gasteiger partial charge in [0.25, 0.3) is 0 Å². The van der Waals surface area contributed by atoms with Gasteiger partial charge in [0, 0.05) is 17.0 Å². The second-order valence-electron chi connectivity index (χ2n) is 5.00. The van der Waals surface area contributed by atoms with Crippen LogP contribution >= 0.6 is 11.8 Å². The van der Waals surface area contributed by atoms with E-state index in [0.29, 0.717) is 6.04 Å². The summed E-state index contributed by atoms with van der Waals surface area (Å²) >= 11 is 2.08. The third-order valence-corrected chi connectivity index (χ3v) is 4.75. The highest BCUT2D eigenvalue weighted by atomic mass is 32.2. The van der Waals surface area contributed by atoms with Crippen molar-refractivity contribution >= 4 is 11.8 Å². The van der Waals surface area contributed by atoms with E-state index in [4.69, 9.17) is 0 Å². The van der Waals surface area contributed by atoms with Crippen LogP contribution in [0.15, 0.2) is 24.3 Å². The predicted octanol–water partition coefficient (Wildman–Crippen LogP) is 4.05. The summed E-state index contributed by atoms with van der Waals surface area (Å²) in [4.78, 5) is 0. The summed E-state index contributed by atoms with van der Waals surface area (Å²) in [7, 11) is 0. The highest BCUT2D eigenvalue weighted by molar-refractivity contribution is 7.99. The summed E-state index contributed by atoms with van der Waals surface area (Å²) in [6, 6.07) is 9.53. The van der Waals surface area contributed by atoms with Crippen molar-refractivity contribution in [3.05, 3.63) is 35.4 Å². The maximum Gasteiger partial charge on any atom is 0.0198 e. The molecule has 0 radical (unpaired) electrons. The zero-order valence-electron chi connectivity index (χ0n) is 12.2. The Labute approximate surface area is 117 Å². The minimum atomic E-state index is 0.594. The lowest BCUT2D eigenvalue weighted by Crippen LogP contribution is -2.33.